The highest BCUT2D eigenvalue weighted by atomic mass is 32.2. The zero-order chi connectivity index (χ0) is 23.3. The van der Waals surface area contributed by atoms with Gasteiger partial charge in [0, 0.05) is 30.4 Å². The van der Waals surface area contributed by atoms with Gasteiger partial charge >= 0.3 is 0 Å². The summed E-state index contributed by atoms with van der Waals surface area (Å²) in [5.74, 6) is 0.521. The van der Waals surface area contributed by atoms with Gasteiger partial charge in [-0.2, -0.15) is 13.5 Å². The van der Waals surface area contributed by atoms with E-state index < -0.39 is 14.9 Å². The summed E-state index contributed by atoms with van der Waals surface area (Å²) in [5.41, 5.74) is 1.72. The van der Waals surface area contributed by atoms with Crippen LogP contribution in [0.1, 0.15) is 31.4 Å². The van der Waals surface area contributed by atoms with E-state index in [1.165, 1.54) is 37.4 Å². The third kappa shape index (κ3) is 5.74. The molecule has 2 aromatic carbocycles. The van der Waals surface area contributed by atoms with Crippen LogP contribution in [0.5, 0.6) is 5.75 Å². The highest BCUT2D eigenvalue weighted by molar-refractivity contribution is 7.89. The SMILES string of the molecule is COc1ccc(S(=O)(=O)N/N=C/c2cc3c(cc2[N+](=O)[O-])NC(CNC(C)C)CC3)cc1. The number of aryl methyl sites for hydroxylation is 1. The van der Waals surface area contributed by atoms with Gasteiger partial charge in [0.2, 0.25) is 0 Å². The number of anilines is 1. The van der Waals surface area contributed by atoms with Gasteiger partial charge in [-0.1, -0.05) is 13.8 Å². The maximum atomic E-state index is 12.4. The molecule has 1 atom stereocenters. The highest BCUT2D eigenvalue weighted by Crippen LogP contribution is 2.31. The van der Waals surface area contributed by atoms with Gasteiger partial charge in [-0.15, -0.1) is 0 Å². The minimum absolute atomic E-state index is 0.000592. The fourth-order valence-corrected chi connectivity index (χ4v) is 4.17. The molecular weight excluding hydrogens is 434 g/mol. The summed E-state index contributed by atoms with van der Waals surface area (Å²) in [6, 6.07) is 9.50. The normalized spacial score (nSPS) is 15.9. The Morgan fingerprint density at radius 2 is 2.03 bits per heavy atom. The van der Waals surface area contributed by atoms with Crippen molar-refractivity contribution >= 4 is 27.6 Å². The zero-order valence-electron chi connectivity index (χ0n) is 18.2. The Morgan fingerprint density at radius 1 is 1.31 bits per heavy atom. The minimum Gasteiger partial charge on any atom is -0.497 e. The molecule has 10 nitrogen and oxygen atoms in total. The van der Waals surface area contributed by atoms with Crippen molar-refractivity contribution in [3.05, 3.63) is 57.6 Å². The Kier molecular flexibility index (Phi) is 7.31. The molecule has 0 aliphatic carbocycles. The summed E-state index contributed by atoms with van der Waals surface area (Å²) in [6.07, 6.45) is 2.79. The van der Waals surface area contributed by atoms with Crippen LogP contribution in [0.25, 0.3) is 0 Å². The van der Waals surface area contributed by atoms with E-state index >= 15 is 0 Å². The van der Waals surface area contributed by atoms with Gasteiger partial charge in [0.05, 0.1) is 28.7 Å². The lowest BCUT2D eigenvalue weighted by Crippen LogP contribution is -2.38. The van der Waals surface area contributed by atoms with E-state index in [1.807, 2.05) is 0 Å². The van der Waals surface area contributed by atoms with E-state index in [1.54, 1.807) is 6.07 Å². The van der Waals surface area contributed by atoms with Crippen LogP contribution in [0.4, 0.5) is 11.4 Å². The first-order valence-corrected chi connectivity index (χ1v) is 11.7. The molecule has 172 valence electrons. The van der Waals surface area contributed by atoms with Crippen LogP contribution in [-0.4, -0.2) is 45.3 Å². The van der Waals surface area contributed by atoms with Crippen molar-refractivity contribution in [3.8, 4) is 5.75 Å². The maximum absolute atomic E-state index is 12.4. The molecule has 0 spiro atoms. The van der Waals surface area contributed by atoms with E-state index in [4.69, 9.17) is 4.74 Å². The predicted octanol–water partition coefficient (Wildman–Crippen LogP) is 2.64. The van der Waals surface area contributed by atoms with Crippen LogP contribution in [0.3, 0.4) is 0 Å². The number of ether oxygens (including phenoxy) is 1. The standard InChI is InChI=1S/C21H27N5O5S/c1-14(2)22-13-17-5-4-15-10-16(21(26(27)28)11-20(15)24-17)12-23-25-32(29,30)19-8-6-18(31-3)7-9-19/h6-12,14,17,22,24-25H,4-5,13H2,1-3H3/b23-12+. The van der Waals surface area contributed by atoms with Gasteiger partial charge in [-0.05, 0) is 48.7 Å². The topological polar surface area (TPSA) is 135 Å². The van der Waals surface area contributed by atoms with Crippen LogP contribution in [-0.2, 0) is 16.4 Å². The Balaban J connectivity index is 1.77. The maximum Gasteiger partial charge on any atom is 0.280 e. The molecule has 11 heteroatoms. The summed E-state index contributed by atoms with van der Waals surface area (Å²) in [7, 11) is -2.44. The van der Waals surface area contributed by atoms with Crippen molar-refractivity contribution in [2.24, 2.45) is 5.10 Å². The van der Waals surface area contributed by atoms with Gasteiger partial charge < -0.3 is 15.4 Å². The lowest BCUT2D eigenvalue weighted by molar-refractivity contribution is -0.384. The highest BCUT2D eigenvalue weighted by Gasteiger charge is 2.23. The van der Waals surface area contributed by atoms with Gasteiger partial charge in [0.25, 0.3) is 15.7 Å². The molecule has 3 N–H and O–H groups in total. The van der Waals surface area contributed by atoms with E-state index in [0.29, 0.717) is 11.8 Å². The number of hydrogen-bond acceptors (Lipinski definition) is 8. The number of nitro groups is 1. The number of benzene rings is 2. The predicted molar refractivity (Wildman–Crippen MR) is 123 cm³/mol. The average Bonchev–Trinajstić information content (AvgIpc) is 2.77. The van der Waals surface area contributed by atoms with Crippen LogP contribution in [0, 0.1) is 10.1 Å². The number of nitro benzene ring substituents is 1. The molecule has 0 amide bonds. The third-order valence-corrected chi connectivity index (χ3v) is 6.33. The number of hydrogen-bond donors (Lipinski definition) is 3. The van der Waals surface area contributed by atoms with Crippen LogP contribution >= 0.6 is 0 Å². The first-order valence-electron chi connectivity index (χ1n) is 10.2. The van der Waals surface area contributed by atoms with E-state index in [0.717, 1.165) is 36.9 Å². The van der Waals surface area contributed by atoms with Crippen LogP contribution in [0.2, 0.25) is 0 Å². The monoisotopic (exact) mass is 461 g/mol. The lowest BCUT2D eigenvalue weighted by atomic mass is 9.95. The second-order valence-corrected chi connectivity index (χ2v) is 9.46. The van der Waals surface area contributed by atoms with Crippen molar-refractivity contribution in [2.75, 3.05) is 19.0 Å². The second-order valence-electron chi connectivity index (χ2n) is 7.80. The Hall–Kier alpha value is -3.18. The summed E-state index contributed by atoms with van der Waals surface area (Å²) in [5, 5.41) is 22.1. The van der Waals surface area contributed by atoms with Gasteiger partial charge in [0.1, 0.15) is 5.75 Å². The zero-order valence-corrected chi connectivity index (χ0v) is 19.0. The van der Waals surface area contributed by atoms with Crippen molar-refractivity contribution in [1.82, 2.24) is 10.1 Å². The minimum atomic E-state index is -3.92. The van der Waals surface area contributed by atoms with Gasteiger partial charge in [-0.3, -0.25) is 10.1 Å². The Bertz CT molecular complexity index is 1100. The first kappa shape index (κ1) is 23.5. The first-order chi connectivity index (χ1) is 15.2. The summed E-state index contributed by atoms with van der Waals surface area (Å²) in [4.78, 5) is 13.2. The van der Waals surface area contributed by atoms with Crippen molar-refractivity contribution in [2.45, 2.75) is 43.7 Å². The van der Waals surface area contributed by atoms with Crippen molar-refractivity contribution < 1.29 is 18.1 Å². The molecule has 0 aromatic heterocycles. The molecule has 2 aromatic rings. The number of fused-ring (bicyclic) bond motifs is 1. The Labute approximate surface area is 187 Å². The lowest BCUT2D eigenvalue weighted by Gasteiger charge is -2.28. The van der Waals surface area contributed by atoms with Crippen LogP contribution in [0.15, 0.2) is 46.4 Å². The molecular formula is C21H27N5O5S. The smallest absolute Gasteiger partial charge is 0.280 e. The largest absolute Gasteiger partial charge is 0.497 e. The molecule has 3 rings (SSSR count). The molecule has 0 saturated heterocycles. The fourth-order valence-electron chi connectivity index (χ4n) is 3.38. The van der Waals surface area contributed by atoms with Crippen LogP contribution < -0.4 is 20.2 Å². The number of nitrogens with zero attached hydrogens (tertiary/aromatic N) is 2. The number of sulfonamides is 1. The Morgan fingerprint density at radius 3 is 2.66 bits per heavy atom. The van der Waals surface area contributed by atoms with E-state index in [2.05, 4.69) is 34.4 Å². The summed E-state index contributed by atoms with van der Waals surface area (Å²) in [6.45, 7) is 4.90. The van der Waals surface area contributed by atoms with E-state index in [9.17, 15) is 18.5 Å². The third-order valence-electron chi connectivity index (χ3n) is 5.09. The second kappa shape index (κ2) is 9.96. The van der Waals surface area contributed by atoms with Crippen molar-refractivity contribution in [3.63, 3.8) is 0 Å². The number of rotatable bonds is 9. The van der Waals surface area contributed by atoms with E-state index in [-0.39, 0.29) is 22.2 Å². The van der Waals surface area contributed by atoms with Gasteiger partial charge in [0.15, 0.2) is 0 Å². The number of hydrazone groups is 1. The molecule has 1 unspecified atom stereocenters. The quantitative estimate of drug-likeness (QED) is 0.297. The molecule has 1 heterocycles. The molecule has 1 aliphatic heterocycles. The molecule has 32 heavy (non-hydrogen) atoms. The molecule has 0 radical (unpaired) electrons. The summed E-state index contributed by atoms with van der Waals surface area (Å²) >= 11 is 0. The molecule has 0 bridgehead atoms. The molecule has 0 saturated carbocycles. The average molecular weight is 462 g/mol. The molecule has 1 aliphatic rings. The van der Waals surface area contributed by atoms with Gasteiger partial charge in [-0.25, -0.2) is 4.83 Å². The number of methoxy groups -OCH3 is 1. The molecule has 0 fully saturated rings. The number of nitrogens with one attached hydrogen (secondary N) is 3. The summed E-state index contributed by atoms with van der Waals surface area (Å²) < 4.78 is 29.8. The van der Waals surface area contributed by atoms with Crippen molar-refractivity contribution in [1.29, 1.82) is 0 Å². The fraction of sp³-hybridized carbons (Fsp3) is 0.381.